The van der Waals surface area contributed by atoms with E-state index in [2.05, 4.69) is 39.4 Å². The van der Waals surface area contributed by atoms with Crippen LogP contribution in [-0.4, -0.2) is 79.3 Å². The number of para-hydroxylation sites is 3. The molecule has 51 heavy (non-hydrogen) atoms. The van der Waals surface area contributed by atoms with Gasteiger partial charge in [0.2, 0.25) is 0 Å². The highest BCUT2D eigenvalue weighted by Crippen LogP contribution is 2.31. The van der Waals surface area contributed by atoms with Crippen molar-refractivity contribution < 1.29 is 24.2 Å². The summed E-state index contributed by atoms with van der Waals surface area (Å²) in [4.78, 5) is 30.0. The van der Waals surface area contributed by atoms with Gasteiger partial charge in [0.1, 0.15) is 11.5 Å². The number of aliphatic carboxylic acids is 1. The predicted molar refractivity (Wildman–Crippen MR) is 206 cm³/mol. The van der Waals surface area contributed by atoms with Gasteiger partial charge >= 0.3 is 5.97 Å². The van der Waals surface area contributed by atoms with E-state index in [0.29, 0.717) is 36.4 Å². The van der Waals surface area contributed by atoms with E-state index in [0.717, 1.165) is 80.1 Å². The van der Waals surface area contributed by atoms with Crippen LogP contribution in [0.25, 0.3) is 10.9 Å². The Balaban J connectivity index is 0.00000504. The van der Waals surface area contributed by atoms with Crippen molar-refractivity contribution in [2.45, 2.75) is 32.2 Å². The number of nitrogens with zero attached hydrogens (tertiary/aromatic N) is 3. The van der Waals surface area contributed by atoms with E-state index in [-0.39, 0.29) is 24.6 Å². The Morgan fingerprint density at radius 2 is 1.57 bits per heavy atom. The number of aromatic nitrogens is 1. The van der Waals surface area contributed by atoms with Crippen LogP contribution in [0.15, 0.2) is 103 Å². The molecular formula is C41H47ClN4O5. The molecule has 5 aromatic rings. The van der Waals surface area contributed by atoms with E-state index in [1.54, 1.807) is 7.11 Å². The first-order valence-electron chi connectivity index (χ1n) is 17.5. The Morgan fingerprint density at radius 1 is 0.824 bits per heavy atom. The first-order valence-corrected chi connectivity index (χ1v) is 17.5. The summed E-state index contributed by atoms with van der Waals surface area (Å²) >= 11 is 0. The average molecular weight is 711 g/mol. The molecule has 0 unspecified atom stereocenters. The monoisotopic (exact) mass is 710 g/mol. The molecule has 0 radical (unpaired) electrons. The Hall–Kier alpha value is -4.99. The van der Waals surface area contributed by atoms with Crippen LogP contribution in [0.1, 0.15) is 40.7 Å². The number of carboxylic acids is 1. The molecule has 1 aliphatic rings. The number of benzene rings is 4. The summed E-state index contributed by atoms with van der Waals surface area (Å²) in [6.45, 7) is 6.53. The Labute approximate surface area is 306 Å². The lowest BCUT2D eigenvalue weighted by Gasteiger charge is -2.36. The summed E-state index contributed by atoms with van der Waals surface area (Å²) in [5.74, 6) is 0.654. The lowest BCUT2D eigenvalue weighted by Crippen LogP contribution is -2.46. The molecule has 6 rings (SSSR count). The minimum atomic E-state index is -0.825. The number of fused-ring (bicyclic) bond motifs is 1. The van der Waals surface area contributed by atoms with Crippen LogP contribution in [0.3, 0.4) is 0 Å². The number of ether oxygens (including phenoxy) is 2. The first kappa shape index (κ1) is 37.3. The van der Waals surface area contributed by atoms with Gasteiger partial charge in [0.05, 0.1) is 25.1 Å². The van der Waals surface area contributed by atoms with Gasteiger partial charge in [-0.15, -0.1) is 12.4 Å². The number of carboxylic acid groups (broad SMARTS) is 1. The van der Waals surface area contributed by atoms with E-state index in [9.17, 15) is 9.59 Å². The maximum Gasteiger partial charge on any atom is 0.303 e. The molecule has 2 N–H and O–H groups in total. The SMILES string of the molecule is COc1ccccc1N1CCN(CCCOc2cc(C(=O)c3cn(CCCC(=O)O)c4ccccc34)ccc2NCCc2ccccc2)CC1.Cl. The third-order valence-corrected chi connectivity index (χ3v) is 9.31. The number of hydrogen-bond donors (Lipinski definition) is 2. The number of ketones is 1. The molecule has 1 aromatic heterocycles. The van der Waals surface area contributed by atoms with Crippen LogP contribution >= 0.6 is 12.4 Å². The van der Waals surface area contributed by atoms with Gasteiger partial charge in [-0.1, -0.05) is 60.7 Å². The fourth-order valence-corrected chi connectivity index (χ4v) is 6.66. The predicted octanol–water partition coefficient (Wildman–Crippen LogP) is 7.41. The second-order valence-electron chi connectivity index (χ2n) is 12.7. The molecule has 10 heteroatoms. The summed E-state index contributed by atoms with van der Waals surface area (Å²) in [5, 5.41) is 13.5. The number of carbonyl (C=O) groups is 2. The second kappa shape index (κ2) is 18.3. The Morgan fingerprint density at radius 3 is 2.35 bits per heavy atom. The summed E-state index contributed by atoms with van der Waals surface area (Å²) in [7, 11) is 1.72. The maximum atomic E-state index is 14.0. The molecule has 9 nitrogen and oxygen atoms in total. The number of hydrogen-bond acceptors (Lipinski definition) is 7. The van der Waals surface area contributed by atoms with E-state index in [1.807, 2.05) is 83.6 Å². The Bertz CT molecular complexity index is 1890. The smallest absolute Gasteiger partial charge is 0.303 e. The lowest BCUT2D eigenvalue weighted by atomic mass is 10.0. The van der Waals surface area contributed by atoms with Crippen molar-refractivity contribution in [1.82, 2.24) is 9.47 Å². The molecule has 1 saturated heterocycles. The van der Waals surface area contributed by atoms with Crippen molar-refractivity contribution in [2.24, 2.45) is 0 Å². The number of carbonyl (C=O) groups excluding carboxylic acids is 1. The molecule has 0 aliphatic carbocycles. The van der Waals surface area contributed by atoms with Gasteiger partial charge in [-0.25, -0.2) is 0 Å². The van der Waals surface area contributed by atoms with Crippen molar-refractivity contribution in [3.05, 3.63) is 120 Å². The van der Waals surface area contributed by atoms with Crippen molar-refractivity contribution >= 4 is 46.4 Å². The minimum Gasteiger partial charge on any atom is -0.495 e. The second-order valence-corrected chi connectivity index (χ2v) is 12.7. The number of anilines is 2. The third-order valence-electron chi connectivity index (χ3n) is 9.31. The lowest BCUT2D eigenvalue weighted by molar-refractivity contribution is -0.137. The molecule has 0 bridgehead atoms. The Kier molecular flexibility index (Phi) is 13.4. The third kappa shape index (κ3) is 9.62. The zero-order valence-electron chi connectivity index (χ0n) is 29.1. The summed E-state index contributed by atoms with van der Waals surface area (Å²) in [5.41, 5.74) is 5.32. The number of aryl methyl sites for hydroxylation is 1. The van der Waals surface area contributed by atoms with Gasteiger partial charge in [0.15, 0.2) is 5.78 Å². The normalized spacial score (nSPS) is 13.1. The van der Waals surface area contributed by atoms with Crippen molar-refractivity contribution in [2.75, 3.05) is 63.2 Å². The fraction of sp³-hybridized carbons (Fsp3) is 0.317. The van der Waals surface area contributed by atoms with Gasteiger partial charge < -0.3 is 29.4 Å². The molecular weight excluding hydrogens is 664 g/mol. The number of rotatable bonds is 17. The van der Waals surface area contributed by atoms with Crippen LogP contribution in [-0.2, 0) is 17.8 Å². The van der Waals surface area contributed by atoms with E-state index in [1.165, 1.54) is 5.56 Å². The van der Waals surface area contributed by atoms with Crippen molar-refractivity contribution in [3.63, 3.8) is 0 Å². The zero-order valence-corrected chi connectivity index (χ0v) is 29.9. The van der Waals surface area contributed by atoms with E-state index < -0.39 is 5.97 Å². The highest BCUT2D eigenvalue weighted by Gasteiger charge is 2.21. The van der Waals surface area contributed by atoms with E-state index >= 15 is 0 Å². The van der Waals surface area contributed by atoms with Gasteiger partial charge in [0, 0.05) is 80.5 Å². The standard InChI is InChI=1S/C41H46N4O5.ClH/c1-49-38-16-8-7-15-37(38)44-26-24-43(25-27-44)22-10-28-50-39-29-32(18-19-35(39)42-21-20-31-11-3-2-4-12-31)41(48)34-30-45(23-9-17-40(46)47)36-14-6-5-13-33(34)36;/h2-8,11-16,18-19,29-30,42H,9-10,17,20-28H2,1H3,(H,46,47);1H. The molecule has 0 spiro atoms. The van der Waals surface area contributed by atoms with Gasteiger partial charge in [-0.05, 0) is 61.2 Å². The van der Waals surface area contributed by atoms with Crippen molar-refractivity contribution in [1.29, 1.82) is 0 Å². The maximum absolute atomic E-state index is 14.0. The van der Waals surface area contributed by atoms with Gasteiger partial charge in [0.25, 0.3) is 0 Å². The number of nitrogens with one attached hydrogen (secondary N) is 1. The van der Waals surface area contributed by atoms with E-state index in [4.69, 9.17) is 14.6 Å². The number of piperazine rings is 1. The summed E-state index contributed by atoms with van der Waals surface area (Å²) < 4.78 is 14.0. The average Bonchev–Trinajstić information content (AvgIpc) is 3.52. The van der Waals surface area contributed by atoms with Crippen LogP contribution in [0.5, 0.6) is 11.5 Å². The molecule has 2 heterocycles. The summed E-state index contributed by atoms with van der Waals surface area (Å²) in [6.07, 6.45) is 4.15. The first-order chi connectivity index (χ1) is 24.5. The minimum absolute atomic E-state index is 0. The molecule has 0 amide bonds. The van der Waals surface area contributed by atoms with Crippen LogP contribution in [0.2, 0.25) is 0 Å². The zero-order chi connectivity index (χ0) is 34.7. The number of halogens is 1. The highest BCUT2D eigenvalue weighted by atomic mass is 35.5. The van der Waals surface area contributed by atoms with Crippen LogP contribution in [0, 0.1) is 0 Å². The van der Waals surface area contributed by atoms with Crippen LogP contribution in [0.4, 0.5) is 11.4 Å². The molecule has 1 aliphatic heterocycles. The highest BCUT2D eigenvalue weighted by molar-refractivity contribution is 6.16. The van der Waals surface area contributed by atoms with Gasteiger partial charge in [-0.2, -0.15) is 0 Å². The van der Waals surface area contributed by atoms with Crippen molar-refractivity contribution in [3.8, 4) is 11.5 Å². The quantitative estimate of drug-likeness (QED) is 0.0761. The van der Waals surface area contributed by atoms with Gasteiger partial charge in [-0.3, -0.25) is 14.5 Å². The molecule has 0 atom stereocenters. The molecule has 0 saturated carbocycles. The van der Waals surface area contributed by atoms with Crippen LogP contribution < -0.4 is 19.7 Å². The largest absolute Gasteiger partial charge is 0.495 e. The molecule has 268 valence electrons. The molecule has 1 fully saturated rings. The molecule has 4 aromatic carbocycles. The summed E-state index contributed by atoms with van der Waals surface area (Å²) in [6, 6.07) is 32.0. The topological polar surface area (TPSA) is 96.3 Å². The number of methoxy groups -OCH3 is 1. The fourth-order valence-electron chi connectivity index (χ4n) is 6.66.